The monoisotopic (exact) mass is 363 g/mol. The van der Waals surface area contributed by atoms with Gasteiger partial charge in [0.05, 0.1) is 10.5 Å². The lowest BCUT2D eigenvalue weighted by Crippen LogP contribution is -2.14. The number of rotatable bonds is 5. The van der Waals surface area contributed by atoms with Gasteiger partial charge in [-0.15, -0.1) is 0 Å². The predicted octanol–water partition coefficient (Wildman–Crippen LogP) is 3.02. The van der Waals surface area contributed by atoms with E-state index in [0.29, 0.717) is 17.1 Å². The Morgan fingerprint density at radius 3 is 2.60 bits per heavy atom. The molecule has 2 aromatic rings. The number of carbonyl (C=O) groups is 2. The van der Waals surface area contributed by atoms with E-state index >= 15 is 0 Å². The number of ketones is 1. The van der Waals surface area contributed by atoms with Gasteiger partial charge in [0.25, 0.3) is 5.69 Å². The van der Waals surface area contributed by atoms with E-state index in [2.05, 4.69) is 0 Å². The molecule has 2 aromatic carbocycles. The molecule has 9 heteroatoms. The highest BCUT2D eigenvalue weighted by Crippen LogP contribution is 2.32. The third-order valence-corrected chi connectivity index (χ3v) is 3.73. The zero-order valence-electron chi connectivity index (χ0n) is 12.6. The van der Waals surface area contributed by atoms with Crippen LogP contribution in [0.4, 0.5) is 5.69 Å². The van der Waals surface area contributed by atoms with Gasteiger partial charge in [-0.25, -0.2) is 4.79 Å². The van der Waals surface area contributed by atoms with E-state index in [4.69, 9.17) is 25.8 Å². The molecule has 0 amide bonds. The van der Waals surface area contributed by atoms with Gasteiger partial charge < -0.3 is 14.2 Å². The summed E-state index contributed by atoms with van der Waals surface area (Å²) in [5.41, 5.74) is -0.202. The number of nitro benzene ring substituents is 1. The number of carbonyl (C=O) groups excluding carboxylic acids is 2. The molecular weight excluding hydrogens is 354 g/mol. The topological polar surface area (TPSA) is 105 Å². The van der Waals surface area contributed by atoms with Gasteiger partial charge in [-0.3, -0.25) is 14.9 Å². The van der Waals surface area contributed by atoms with Crippen molar-refractivity contribution in [3.05, 3.63) is 62.7 Å². The number of halogens is 1. The average molecular weight is 364 g/mol. The van der Waals surface area contributed by atoms with Crippen LogP contribution in [0.25, 0.3) is 0 Å². The first-order valence-corrected chi connectivity index (χ1v) is 7.37. The minimum Gasteiger partial charge on any atom is -0.454 e. The van der Waals surface area contributed by atoms with Crippen LogP contribution in [0.15, 0.2) is 36.4 Å². The van der Waals surface area contributed by atoms with Gasteiger partial charge in [-0.2, -0.15) is 0 Å². The second-order valence-electron chi connectivity index (χ2n) is 4.99. The number of hydrogen-bond donors (Lipinski definition) is 0. The van der Waals surface area contributed by atoms with E-state index in [1.54, 1.807) is 6.07 Å². The van der Waals surface area contributed by atoms with E-state index in [0.717, 1.165) is 6.07 Å². The standard InChI is InChI=1S/C16H10ClNO7/c17-11-3-1-10(5-12(11)18(21)22)16(20)23-7-13(19)9-2-4-14-15(6-9)25-8-24-14/h1-6H,7-8H2. The number of benzene rings is 2. The molecule has 25 heavy (non-hydrogen) atoms. The molecule has 0 saturated heterocycles. The summed E-state index contributed by atoms with van der Waals surface area (Å²) in [6, 6.07) is 8.09. The first-order chi connectivity index (χ1) is 12.0. The summed E-state index contributed by atoms with van der Waals surface area (Å²) in [5.74, 6) is -0.350. The molecule has 0 aromatic heterocycles. The molecule has 0 atom stereocenters. The van der Waals surface area contributed by atoms with Gasteiger partial charge in [-0.1, -0.05) is 11.6 Å². The lowest BCUT2D eigenvalue weighted by atomic mass is 10.1. The fourth-order valence-corrected chi connectivity index (χ4v) is 2.33. The van der Waals surface area contributed by atoms with Crippen LogP contribution in [0.1, 0.15) is 20.7 Å². The van der Waals surface area contributed by atoms with Crippen LogP contribution in [0.3, 0.4) is 0 Å². The molecule has 128 valence electrons. The van der Waals surface area contributed by atoms with Crippen LogP contribution >= 0.6 is 11.6 Å². The van der Waals surface area contributed by atoms with Gasteiger partial charge in [-0.05, 0) is 30.3 Å². The fraction of sp³-hybridized carbons (Fsp3) is 0.125. The number of nitro groups is 1. The Bertz CT molecular complexity index is 881. The van der Waals surface area contributed by atoms with Crippen LogP contribution < -0.4 is 9.47 Å². The third-order valence-electron chi connectivity index (χ3n) is 3.41. The summed E-state index contributed by atoms with van der Waals surface area (Å²) in [6.07, 6.45) is 0. The minimum atomic E-state index is -0.867. The van der Waals surface area contributed by atoms with E-state index in [1.165, 1.54) is 24.3 Å². The lowest BCUT2D eigenvalue weighted by Gasteiger charge is -2.05. The van der Waals surface area contributed by atoms with Crippen molar-refractivity contribution in [1.82, 2.24) is 0 Å². The first kappa shape index (κ1) is 16.7. The number of esters is 1. The highest BCUT2D eigenvalue weighted by atomic mass is 35.5. The first-order valence-electron chi connectivity index (χ1n) is 6.99. The Kier molecular flexibility index (Phi) is 4.53. The van der Waals surface area contributed by atoms with Crippen molar-refractivity contribution in [3.8, 4) is 11.5 Å². The number of nitrogens with zero attached hydrogens (tertiary/aromatic N) is 1. The zero-order valence-corrected chi connectivity index (χ0v) is 13.3. The Balaban J connectivity index is 1.67. The van der Waals surface area contributed by atoms with Gasteiger partial charge in [0.15, 0.2) is 23.9 Å². The maximum absolute atomic E-state index is 12.1. The summed E-state index contributed by atoms with van der Waals surface area (Å²) < 4.78 is 15.2. The molecule has 1 aliphatic rings. The van der Waals surface area contributed by atoms with Crippen molar-refractivity contribution >= 4 is 29.0 Å². The van der Waals surface area contributed by atoms with Crippen molar-refractivity contribution < 1.29 is 28.7 Å². The number of ether oxygens (including phenoxy) is 3. The van der Waals surface area contributed by atoms with Gasteiger partial charge in [0.2, 0.25) is 6.79 Å². The zero-order chi connectivity index (χ0) is 18.0. The summed E-state index contributed by atoms with van der Waals surface area (Å²) in [4.78, 5) is 34.2. The fourth-order valence-electron chi connectivity index (χ4n) is 2.15. The average Bonchev–Trinajstić information content (AvgIpc) is 3.07. The van der Waals surface area contributed by atoms with Crippen LogP contribution in [0, 0.1) is 10.1 Å². The molecule has 0 spiro atoms. The van der Waals surface area contributed by atoms with Crippen molar-refractivity contribution in [2.75, 3.05) is 13.4 Å². The Labute approximate surface area is 146 Å². The normalized spacial score (nSPS) is 11.9. The second-order valence-corrected chi connectivity index (χ2v) is 5.40. The van der Waals surface area contributed by atoms with Crippen molar-refractivity contribution in [1.29, 1.82) is 0 Å². The van der Waals surface area contributed by atoms with E-state index in [1.807, 2.05) is 0 Å². The molecule has 0 radical (unpaired) electrons. The number of Topliss-reactive ketones (excluding diaryl/α,β-unsaturated/α-hetero) is 1. The highest BCUT2D eigenvalue weighted by molar-refractivity contribution is 6.32. The summed E-state index contributed by atoms with van der Waals surface area (Å²) in [6.45, 7) is -0.438. The Morgan fingerprint density at radius 1 is 1.12 bits per heavy atom. The largest absolute Gasteiger partial charge is 0.454 e. The Hall–Kier alpha value is -3.13. The predicted molar refractivity (Wildman–Crippen MR) is 85.3 cm³/mol. The summed E-state index contributed by atoms with van der Waals surface area (Å²) >= 11 is 5.68. The molecule has 0 bridgehead atoms. The third kappa shape index (κ3) is 3.53. The smallest absolute Gasteiger partial charge is 0.338 e. The van der Waals surface area contributed by atoms with Crippen molar-refractivity contribution in [2.45, 2.75) is 0 Å². The molecule has 8 nitrogen and oxygen atoms in total. The van der Waals surface area contributed by atoms with Crippen LogP contribution in [0.2, 0.25) is 5.02 Å². The quantitative estimate of drug-likeness (QED) is 0.348. The van der Waals surface area contributed by atoms with Crippen molar-refractivity contribution in [3.63, 3.8) is 0 Å². The second kappa shape index (κ2) is 6.78. The molecule has 1 aliphatic heterocycles. The highest BCUT2D eigenvalue weighted by Gasteiger charge is 2.20. The summed E-state index contributed by atoms with van der Waals surface area (Å²) in [5, 5.41) is 10.7. The maximum atomic E-state index is 12.1. The molecule has 0 N–H and O–H groups in total. The van der Waals surface area contributed by atoms with Gasteiger partial charge in [0, 0.05) is 11.6 Å². The van der Waals surface area contributed by atoms with E-state index in [-0.39, 0.29) is 17.4 Å². The summed E-state index contributed by atoms with van der Waals surface area (Å²) in [7, 11) is 0. The molecule has 0 saturated carbocycles. The van der Waals surface area contributed by atoms with Gasteiger partial charge >= 0.3 is 5.97 Å². The molecule has 1 heterocycles. The maximum Gasteiger partial charge on any atom is 0.338 e. The SMILES string of the molecule is O=C(COC(=O)c1ccc(Cl)c([N+](=O)[O-])c1)c1ccc2c(c1)OCO2. The molecule has 0 unspecified atom stereocenters. The van der Waals surface area contributed by atoms with E-state index in [9.17, 15) is 19.7 Å². The molecule has 0 aliphatic carbocycles. The van der Waals surface area contributed by atoms with Crippen LogP contribution in [-0.4, -0.2) is 30.1 Å². The number of fused-ring (bicyclic) bond motifs is 1. The molecular formula is C16H10ClNO7. The van der Waals surface area contributed by atoms with Crippen LogP contribution in [-0.2, 0) is 4.74 Å². The Morgan fingerprint density at radius 2 is 1.84 bits per heavy atom. The molecule has 0 fully saturated rings. The van der Waals surface area contributed by atoms with E-state index < -0.39 is 29.0 Å². The lowest BCUT2D eigenvalue weighted by molar-refractivity contribution is -0.384. The molecule has 3 rings (SSSR count). The van der Waals surface area contributed by atoms with Gasteiger partial charge in [0.1, 0.15) is 5.02 Å². The minimum absolute atomic E-state index is 0.0745. The van der Waals surface area contributed by atoms with Crippen molar-refractivity contribution in [2.24, 2.45) is 0 Å². The van der Waals surface area contributed by atoms with Crippen LogP contribution in [0.5, 0.6) is 11.5 Å². The number of hydrogen-bond acceptors (Lipinski definition) is 7.